The second kappa shape index (κ2) is 7.72. The number of rotatable bonds is 5. The van der Waals surface area contributed by atoms with Crippen LogP contribution < -0.4 is 16.0 Å². The van der Waals surface area contributed by atoms with E-state index in [1.165, 1.54) is 0 Å². The Morgan fingerprint density at radius 1 is 1.60 bits per heavy atom. The minimum absolute atomic E-state index is 0.00919. The van der Waals surface area contributed by atoms with Crippen molar-refractivity contribution in [2.24, 2.45) is 5.73 Å². The number of carbonyl (C=O) groups is 1. The Morgan fingerprint density at radius 2 is 2.40 bits per heavy atom. The molecule has 0 aliphatic carbocycles. The van der Waals surface area contributed by atoms with Gasteiger partial charge in [0.1, 0.15) is 12.3 Å². The first-order valence-corrected chi connectivity index (χ1v) is 9.32. The molecule has 0 saturated carbocycles. The summed E-state index contributed by atoms with van der Waals surface area (Å²) in [4.78, 5) is 22.0. The first kappa shape index (κ1) is 18.2. The van der Waals surface area contributed by atoms with Crippen molar-refractivity contribution in [1.82, 2.24) is 9.97 Å². The third kappa shape index (κ3) is 4.13. The zero-order valence-corrected chi connectivity index (χ0v) is 16.1. The number of aromatic amines is 1. The van der Waals surface area contributed by atoms with E-state index in [-0.39, 0.29) is 24.7 Å². The topological polar surface area (TPSA) is 96.3 Å². The van der Waals surface area contributed by atoms with Crippen molar-refractivity contribution < 1.29 is 9.53 Å². The van der Waals surface area contributed by atoms with Crippen LogP contribution in [0.2, 0.25) is 0 Å². The van der Waals surface area contributed by atoms with Crippen molar-refractivity contribution in [2.75, 3.05) is 29.9 Å². The lowest BCUT2D eigenvalue weighted by Gasteiger charge is -2.33. The van der Waals surface area contributed by atoms with Gasteiger partial charge >= 0.3 is 0 Å². The number of pyridine rings is 1. The van der Waals surface area contributed by atoms with Crippen molar-refractivity contribution in [1.29, 1.82) is 0 Å². The molecule has 25 heavy (non-hydrogen) atoms. The molecule has 3 rings (SSSR count). The number of carbonyl (C=O) groups excluding carboxylic acids is 1. The SMILES string of the molecule is CC(C)OCC(=O)Nc1c[nH]c2ncc(Br)c(N3CCC[C@H](N)C3)c12. The van der Waals surface area contributed by atoms with Crippen molar-refractivity contribution in [2.45, 2.75) is 38.8 Å². The van der Waals surface area contributed by atoms with Gasteiger partial charge in [0, 0.05) is 31.5 Å². The molecule has 7 nitrogen and oxygen atoms in total. The van der Waals surface area contributed by atoms with Crippen molar-refractivity contribution >= 4 is 44.2 Å². The molecule has 3 heterocycles. The van der Waals surface area contributed by atoms with Crippen molar-refractivity contribution in [3.05, 3.63) is 16.9 Å². The molecule has 1 atom stereocenters. The van der Waals surface area contributed by atoms with E-state index in [1.807, 2.05) is 13.8 Å². The van der Waals surface area contributed by atoms with Crippen LogP contribution in [0.15, 0.2) is 16.9 Å². The number of piperidine rings is 1. The molecule has 1 amide bonds. The molecule has 0 unspecified atom stereocenters. The maximum absolute atomic E-state index is 12.2. The summed E-state index contributed by atoms with van der Waals surface area (Å²) in [5, 5.41) is 3.81. The quantitative estimate of drug-likeness (QED) is 0.704. The standard InChI is InChI=1S/C17H24BrN5O2/c1-10(2)25-9-14(24)22-13-7-21-17-15(13)16(12(18)6-20-17)23-5-3-4-11(19)8-23/h6-7,10-11H,3-5,8-9,19H2,1-2H3,(H,20,21)(H,22,24)/t11-/m0/s1. The number of ether oxygens (including phenoxy) is 1. The largest absolute Gasteiger partial charge is 0.369 e. The van der Waals surface area contributed by atoms with E-state index in [2.05, 4.69) is 36.1 Å². The number of nitrogens with one attached hydrogen (secondary N) is 2. The Hall–Kier alpha value is -1.64. The minimum Gasteiger partial charge on any atom is -0.369 e. The molecule has 0 spiro atoms. The van der Waals surface area contributed by atoms with Gasteiger partial charge in [-0.25, -0.2) is 4.98 Å². The first-order valence-electron chi connectivity index (χ1n) is 8.53. The number of H-pyrrole nitrogens is 1. The van der Waals surface area contributed by atoms with Gasteiger partial charge in [0.2, 0.25) is 5.91 Å². The van der Waals surface area contributed by atoms with Gasteiger partial charge in [-0.3, -0.25) is 4.79 Å². The predicted octanol–water partition coefficient (Wildman–Crippen LogP) is 2.62. The molecular formula is C17H24BrN5O2. The number of nitrogens with two attached hydrogens (primary N) is 1. The van der Waals surface area contributed by atoms with Crippen LogP contribution in [-0.4, -0.2) is 47.7 Å². The molecule has 1 aliphatic heterocycles. The van der Waals surface area contributed by atoms with Gasteiger partial charge in [-0.15, -0.1) is 0 Å². The van der Waals surface area contributed by atoms with Gasteiger partial charge in [-0.1, -0.05) is 0 Å². The molecule has 2 aromatic rings. The molecular weight excluding hydrogens is 386 g/mol. The van der Waals surface area contributed by atoms with E-state index in [0.29, 0.717) is 5.69 Å². The monoisotopic (exact) mass is 409 g/mol. The summed E-state index contributed by atoms with van der Waals surface area (Å²) < 4.78 is 6.27. The Morgan fingerprint density at radius 3 is 3.12 bits per heavy atom. The van der Waals surface area contributed by atoms with E-state index in [0.717, 1.165) is 47.1 Å². The highest BCUT2D eigenvalue weighted by atomic mass is 79.9. The van der Waals surface area contributed by atoms with E-state index < -0.39 is 0 Å². The number of amides is 1. The average molecular weight is 410 g/mol. The van der Waals surface area contributed by atoms with E-state index >= 15 is 0 Å². The minimum atomic E-state index is -0.184. The molecule has 1 fully saturated rings. The van der Waals surface area contributed by atoms with Crippen molar-refractivity contribution in [3.63, 3.8) is 0 Å². The van der Waals surface area contributed by atoms with Gasteiger partial charge < -0.3 is 25.7 Å². The molecule has 0 bridgehead atoms. The number of aromatic nitrogens is 2. The van der Waals surface area contributed by atoms with Gasteiger partial charge in [-0.2, -0.15) is 0 Å². The fraction of sp³-hybridized carbons (Fsp3) is 0.529. The van der Waals surface area contributed by atoms with Crippen LogP contribution >= 0.6 is 15.9 Å². The van der Waals surface area contributed by atoms with Crippen LogP contribution in [0.4, 0.5) is 11.4 Å². The maximum Gasteiger partial charge on any atom is 0.250 e. The van der Waals surface area contributed by atoms with Crippen LogP contribution in [0.1, 0.15) is 26.7 Å². The lowest BCUT2D eigenvalue weighted by Crippen LogP contribution is -2.43. The van der Waals surface area contributed by atoms with Crippen LogP contribution in [0.5, 0.6) is 0 Å². The smallest absolute Gasteiger partial charge is 0.250 e. The van der Waals surface area contributed by atoms with E-state index in [9.17, 15) is 4.79 Å². The number of fused-ring (bicyclic) bond motifs is 1. The normalized spacial score (nSPS) is 18.1. The third-order valence-electron chi connectivity index (χ3n) is 4.23. The van der Waals surface area contributed by atoms with Gasteiger partial charge in [0.05, 0.1) is 27.3 Å². The fourth-order valence-corrected chi connectivity index (χ4v) is 3.66. The predicted molar refractivity (Wildman–Crippen MR) is 103 cm³/mol. The van der Waals surface area contributed by atoms with E-state index in [4.69, 9.17) is 10.5 Å². The zero-order valence-electron chi connectivity index (χ0n) is 14.5. The number of hydrogen-bond donors (Lipinski definition) is 3. The van der Waals surface area contributed by atoms with E-state index in [1.54, 1.807) is 12.4 Å². The van der Waals surface area contributed by atoms with Gasteiger partial charge in [0.25, 0.3) is 0 Å². The average Bonchev–Trinajstić information content (AvgIpc) is 2.96. The summed E-state index contributed by atoms with van der Waals surface area (Å²) in [6, 6.07) is 0.153. The molecule has 4 N–H and O–H groups in total. The maximum atomic E-state index is 12.2. The Bertz CT molecular complexity index is 761. The summed E-state index contributed by atoms with van der Waals surface area (Å²) in [6.07, 6.45) is 5.64. The molecule has 1 aliphatic rings. The number of nitrogens with zero attached hydrogens (tertiary/aromatic N) is 2. The highest BCUT2D eigenvalue weighted by Gasteiger charge is 2.23. The highest BCUT2D eigenvalue weighted by Crippen LogP contribution is 2.38. The first-order chi connectivity index (χ1) is 12.0. The summed E-state index contributed by atoms with van der Waals surface area (Å²) in [5.41, 5.74) is 8.60. The lowest BCUT2D eigenvalue weighted by atomic mass is 10.1. The number of anilines is 2. The summed E-state index contributed by atoms with van der Waals surface area (Å²) in [5.74, 6) is -0.184. The van der Waals surface area contributed by atoms with Crippen LogP contribution in [0.3, 0.4) is 0 Å². The number of halogens is 1. The molecule has 136 valence electrons. The summed E-state index contributed by atoms with van der Waals surface area (Å²) >= 11 is 3.61. The molecule has 8 heteroatoms. The van der Waals surface area contributed by atoms with Crippen LogP contribution in [0.25, 0.3) is 11.0 Å². The Kier molecular flexibility index (Phi) is 5.61. The zero-order chi connectivity index (χ0) is 18.0. The fourth-order valence-electron chi connectivity index (χ4n) is 3.11. The van der Waals surface area contributed by atoms with Gasteiger partial charge in [0.15, 0.2) is 0 Å². The molecule has 0 radical (unpaired) electrons. The highest BCUT2D eigenvalue weighted by molar-refractivity contribution is 9.10. The summed E-state index contributed by atoms with van der Waals surface area (Å²) in [6.45, 7) is 5.54. The number of hydrogen-bond acceptors (Lipinski definition) is 5. The van der Waals surface area contributed by atoms with Gasteiger partial charge in [-0.05, 0) is 42.6 Å². The second-order valence-corrected chi connectivity index (χ2v) is 7.49. The second-order valence-electron chi connectivity index (χ2n) is 6.64. The van der Waals surface area contributed by atoms with Crippen molar-refractivity contribution in [3.8, 4) is 0 Å². The van der Waals surface area contributed by atoms with Crippen LogP contribution in [0, 0.1) is 0 Å². The Labute approximate surface area is 155 Å². The molecule has 0 aromatic carbocycles. The third-order valence-corrected chi connectivity index (χ3v) is 4.81. The van der Waals surface area contributed by atoms with Crippen LogP contribution in [-0.2, 0) is 9.53 Å². The lowest BCUT2D eigenvalue weighted by molar-refractivity contribution is -0.121. The molecule has 2 aromatic heterocycles. The summed E-state index contributed by atoms with van der Waals surface area (Å²) in [7, 11) is 0. The Balaban J connectivity index is 1.92. The molecule has 1 saturated heterocycles.